The number of anilines is 1. The zero-order valence-corrected chi connectivity index (χ0v) is 19.1. The molecule has 1 aliphatic heterocycles. The Morgan fingerprint density at radius 1 is 1.15 bits per heavy atom. The van der Waals surface area contributed by atoms with Crippen molar-refractivity contribution in [2.75, 3.05) is 32.6 Å². The van der Waals surface area contributed by atoms with Crippen molar-refractivity contribution in [1.82, 2.24) is 15.1 Å². The molecule has 1 saturated heterocycles. The van der Waals surface area contributed by atoms with Gasteiger partial charge in [-0.15, -0.1) is 0 Å². The lowest BCUT2D eigenvalue weighted by Crippen LogP contribution is -2.29. The van der Waals surface area contributed by atoms with Crippen molar-refractivity contribution >= 4 is 11.6 Å². The van der Waals surface area contributed by atoms with E-state index in [1.54, 1.807) is 13.3 Å². The molecule has 5 rings (SSSR count). The van der Waals surface area contributed by atoms with E-state index in [2.05, 4.69) is 39.6 Å². The molecule has 0 spiro atoms. The summed E-state index contributed by atoms with van der Waals surface area (Å²) in [7, 11) is 3.77. The number of carbonyl (C=O) groups is 1. The summed E-state index contributed by atoms with van der Waals surface area (Å²) >= 11 is 0. The highest BCUT2D eigenvalue weighted by Crippen LogP contribution is 2.34. The number of likely N-dealkylation sites (tertiary alicyclic amines) is 1. The van der Waals surface area contributed by atoms with E-state index in [0.717, 1.165) is 61.3 Å². The van der Waals surface area contributed by atoms with Gasteiger partial charge in [-0.05, 0) is 73.7 Å². The number of likely N-dealkylation sites (N-methyl/N-ethyl adjacent to an activating group) is 1. The number of aryl methyl sites for hydroxylation is 1. The van der Waals surface area contributed by atoms with Crippen LogP contribution in [0.3, 0.4) is 0 Å². The summed E-state index contributed by atoms with van der Waals surface area (Å²) in [5.74, 6) is 1.50. The van der Waals surface area contributed by atoms with Gasteiger partial charge in [-0.2, -0.15) is 5.10 Å². The fourth-order valence-corrected chi connectivity index (χ4v) is 4.80. The van der Waals surface area contributed by atoms with E-state index in [1.165, 1.54) is 11.1 Å². The summed E-state index contributed by atoms with van der Waals surface area (Å²) < 4.78 is 11.8. The predicted octanol–water partition coefficient (Wildman–Crippen LogP) is 3.91. The first-order valence-electron chi connectivity index (χ1n) is 11.5. The molecule has 7 nitrogen and oxygen atoms in total. The van der Waals surface area contributed by atoms with E-state index in [0.29, 0.717) is 5.75 Å². The lowest BCUT2D eigenvalue weighted by molar-refractivity contribution is -0.120. The summed E-state index contributed by atoms with van der Waals surface area (Å²) in [6.45, 7) is 1.89. The molecular weight excluding hydrogens is 416 g/mol. The molecule has 2 aliphatic rings. The van der Waals surface area contributed by atoms with Crippen LogP contribution in [0.4, 0.5) is 5.69 Å². The van der Waals surface area contributed by atoms with Gasteiger partial charge in [0.1, 0.15) is 17.6 Å². The normalized spacial score (nSPS) is 20.3. The number of benzene rings is 2. The van der Waals surface area contributed by atoms with E-state index in [9.17, 15) is 4.79 Å². The Balaban J connectivity index is 1.36. The van der Waals surface area contributed by atoms with Gasteiger partial charge in [-0.1, -0.05) is 12.1 Å². The second kappa shape index (κ2) is 9.27. The minimum Gasteiger partial charge on any atom is -0.497 e. The van der Waals surface area contributed by atoms with E-state index >= 15 is 0 Å². The van der Waals surface area contributed by atoms with Crippen molar-refractivity contribution < 1.29 is 14.3 Å². The van der Waals surface area contributed by atoms with Crippen molar-refractivity contribution in [3.05, 3.63) is 59.9 Å². The minimum atomic E-state index is -0.0800. The van der Waals surface area contributed by atoms with Gasteiger partial charge >= 0.3 is 0 Å². The summed E-state index contributed by atoms with van der Waals surface area (Å²) in [6.07, 6.45) is 7.18. The van der Waals surface area contributed by atoms with Crippen LogP contribution in [0.5, 0.6) is 11.5 Å². The zero-order valence-electron chi connectivity index (χ0n) is 19.1. The Morgan fingerprint density at radius 3 is 2.82 bits per heavy atom. The van der Waals surface area contributed by atoms with Gasteiger partial charge in [0.15, 0.2) is 0 Å². The topological polar surface area (TPSA) is 79.5 Å². The molecule has 1 fully saturated rings. The summed E-state index contributed by atoms with van der Waals surface area (Å²) in [6, 6.07) is 12.1. The third-order valence-corrected chi connectivity index (χ3v) is 6.73. The molecule has 33 heavy (non-hydrogen) atoms. The van der Waals surface area contributed by atoms with Crippen molar-refractivity contribution in [2.24, 2.45) is 5.92 Å². The van der Waals surface area contributed by atoms with Crippen LogP contribution in [-0.4, -0.2) is 54.4 Å². The smallest absolute Gasteiger partial charge is 0.227 e. The molecule has 0 radical (unpaired) electrons. The average Bonchev–Trinajstić information content (AvgIpc) is 3.51. The maximum absolute atomic E-state index is 13.3. The van der Waals surface area contributed by atoms with Gasteiger partial charge < -0.3 is 19.7 Å². The Labute approximate surface area is 194 Å². The Kier molecular flexibility index (Phi) is 6.05. The fourth-order valence-electron chi connectivity index (χ4n) is 4.80. The van der Waals surface area contributed by atoms with Gasteiger partial charge in [0, 0.05) is 30.8 Å². The van der Waals surface area contributed by atoms with Crippen molar-refractivity contribution in [1.29, 1.82) is 0 Å². The molecule has 3 aromatic rings. The van der Waals surface area contributed by atoms with Gasteiger partial charge in [-0.3, -0.25) is 9.89 Å². The summed E-state index contributed by atoms with van der Waals surface area (Å²) in [5.41, 5.74) is 5.21. The van der Waals surface area contributed by atoms with Crippen molar-refractivity contribution in [3.63, 3.8) is 0 Å². The third kappa shape index (κ3) is 4.73. The molecule has 0 saturated carbocycles. The number of amides is 1. The van der Waals surface area contributed by atoms with Crippen LogP contribution >= 0.6 is 0 Å². The maximum atomic E-state index is 13.3. The largest absolute Gasteiger partial charge is 0.497 e. The quantitative estimate of drug-likeness (QED) is 0.600. The molecular formula is C26H30N4O3. The SMILES string of the molecule is COc1ccc2c(c1)CC(C(=O)Nc1ccc(-c3cn[nH]c3)cc1O[C@@H]1CCN(C)C1)CC2. The van der Waals surface area contributed by atoms with Crippen LogP contribution in [0.2, 0.25) is 0 Å². The Hall–Kier alpha value is -3.32. The van der Waals surface area contributed by atoms with Crippen molar-refractivity contribution in [3.8, 4) is 22.6 Å². The zero-order chi connectivity index (χ0) is 22.8. The second-order valence-corrected chi connectivity index (χ2v) is 9.05. The Morgan fingerprint density at radius 2 is 2.06 bits per heavy atom. The van der Waals surface area contributed by atoms with Gasteiger partial charge in [0.2, 0.25) is 5.91 Å². The number of hydrogen-bond donors (Lipinski definition) is 2. The van der Waals surface area contributed by atoms with E-state index < -0.39 is 0 Å². The number of fused-ring (bicyclic) bond motifs is 1. The molecule has 1 amide bonds. The number of ether oxygens (including phenoxy) is 2. The number of carbonyl (C=O) groups excluding carboxylic acids is 1. The average molecular weight is 447 g/mol. The standard InChI is InChI=1S/C26H30N4O3/c1-30-10-9-23(16-30)33-25-13-18(21-14-27-28-15-21)6-8-24(25)29-26(31)19-4-3-17-5-7-22(32-2)12-20(17)11-19/h5-8,12-15,19,23H,3-4,9-11,16H2,1-2H3,(H,27,28)(H,29,31)/t19?,23-/m1/s1. The highest BCUT2D eigenvalue weighted by Gasteiger charge is 2.27. The van der Waals surface area contributed by atoms with E-state index in [4.69, 9.17) is 9.47 Å². The number of H-pyrrole nitrogens is 1. The third-order valence-electron chi connectivity index (χ3n) is 6.73. The predicted molar refractivity (Wildman–Crippen MR) is 128 cm³/mol. The van der Waals surface area contributed by atoms with E-state index in [1.807, 2.05) is 30.5 Å². The maximum Gasteiger partial charge on any atom is 0.227 e. The number of rotatable bonds is 6. The molecule has 7 heteroatoms. The lowest BCUT2D eigenvalue weighted by atomic mass is 9.83. The second-order valence-electron chi connectivity index (χ2n) is 9.05. The lowest BCUT2D eigenvalue weighted by Gasteiger charge is -2.25. The Bertz CT molecular complexity index is 1130. The molecule has 1 aromatic heterocycles. The highest BCUT2D eigenvalue weighted by atomic mass is 16.5. The highest BCUT2D eigenvalue weighted by molar-refractivity contribution is 5.94. The molecule has 2 heterocycles. The molecule has 172 valence electrons. The first-order chi connectivity index (χ1) is 16.1. The first kappa shape index (κ1) is 21.5. The van der Waals surface area contributed by atoms with Crippen LogP contribution in [-0.2, 0) is 17.6 Å². The van der Waals surface area contributed by atoms with Crippen LogP contribution in [0.25, 0.3) is 11.1 Å². The van der Waals surface area contributed by atoms with Crippen molar-refractivity contribution in [2.45, 2.75) is 31.8 Å². The number of aromatic amines is 1. The van der Waals surface area contributed by atoms with Gasteiger partial charge in [0.25, 0.3) is 0 Å². The summed E-state index contributed by atoms with van der Waals surface area (Å²) in [4.78, 5) is 15.5. The van der Waals surface area contributed by atoms with Crippen LogP contribution in [0.15, 0.2) is 48.8 Å². The molecule has 1 unspecified atom stereocenters. The van der Waals surface area contributed by atoms with Gasteiger partial charge in [0.05, 0.1) is 19.0 Å². The van der Waals surface area contributed by atoms with Crippen LogP contribution in [0.1, 0.15) is 24.0 Å². The van der Waals surface area contributed by atoms with E-state index in [-0.39, 0.29) is 17.9 Å². The fraction of sp³-hybridized carbons (Fsp3) is 0.385. The first-order valence-corrected chi connectivity index (χ1v) is 11.5. The molecule has 2 atom stereocenters. The number of nitrogens with zero attached hydrogens (tertiary/aromatic N) is 2. The number of hydrogen-bond acceptors (Lipinski definition) is 5. The van der Waals surface area contributed by atoms with Crippen LogP contribution in [0, 0.1) is 5.92 Å². The monoisotopic (exact) mass is 446 g/mol. The minimum absolute atomic E-state index is 0.0351. The molecule has 1 aliphatic carbocycles. The molecule has 2 N–H and O–H groups in total. The van der Waals surface area contributed by atoms with Gasteiger partial charge in [-0.25, -0.2) is 0 Å². The van der Waals surface area contributed by atoms with Crippen LogP contribution < -0.4 is 14.8 Å². The molecule has 2 aromatic carbocycles. The summed E-state index contributed by atoms with van der Waals surface area (Å²) in [5, 5.41) is 10.1. The number of nitrogens with one attached hydrogen (secondary N) is 2. The number of methoxy groups -OCH3 is 1. The molecule has 0 bridgehead atoms. The number of aromatic nitrogens is 2.